The normalized spacial score (nSPS) is 13.1. The van der Waals surface area contributed by atoms with Gasteiger partial charge >= 0.3 is 0 Å². The highest BCUT2D eigenvalue weighted by Gasteiger charge is 2.17. The molecule has 0 aliphatic heterocycles. The lowest BCUT2D eigenvalue weighted by atomic mass is 9.87. The molecular formula is C13H17NO3S. The van der Waals surface area contributed by atoms with Gasteiger partial charge in [-0.25, -0.2) is 13.4 Å². The summed E-state index contributed by atoms with van der Waals surface area (Å²) in [6.07, 6.45) is 1.17. The molecule has 0 saturated carbocycles. The first-order valence-electron chi connectivity index (χ1n) is 5.73. The fraction of sp³-hybridized carbons (Fsp3) is 0.462. The van der Waals surface area contributed by atoms with Crippen molar-refractivity contribution in [1.82, 2.24) is 4.98 Å². The average Bonchev–Trinajstić information content (AvgIpc) is 2.53. The smallest absolute Gasteiger partial charge is 0.210 e. The largest absolute Gasteiger partial charge is 0.440 e. The lowest BCUT2D eigenvalue weighted by Gasteiger charge is -2.18. The van der Waals surface area contributed by atoms with Crippen molar-refractivity contribution in [3.63, 3.8) is 0 Å². The maximum Gasteiger partial charge on any atom is 0.210 e. The third kappa shape index (κ3) is 2.90. The van der Waals surface area contributed by atoms with E-state index in [0.717, 1.165) is 5.56 Å². The summed E-state index contributed by atoms with van der Waals surface area (Å²) in [7, 11) is -3.12. The standard InChI is InChI=1S/C13H17NO3S/c1-13(2,3)9-5-6-11-10(7-9)14-12(17-11)8-18(4,15)16/h5-7H,8H2,1-4H3. The fourth-order valence-corrected chi connectivity index (χ4v) is 2.30. The summed E-state index contributed by atoms with van der Waals surface area (Å²) in [5.74, 6) is 0.0885. The van der Waals surface area contributed by atoms with Crippen molar-refractivity contribution in [1.29, 1.82) is 0 Å². The summed E-state index contributed by atoms with van der Waals surface area (Å²) < 4.78 is 27.8. The van der Waals surface area contributed by atoms with Crippen molar-refractivity contribution in [2.24, 2.45) is 0 Å². The summed E-state index contributed by atoms with van der Waals surface area (Å²) in [5, 5.41) is 0. The number of hydrogen-bond donors (Lipinski definition) is 0. The molecule has 0 bridgehead atoms. The molecule has 1 heterocycles. The monoisotopic (exact) mass is 267 g/mol. The van der Waals surface area contributed by atoms with E-state index >= 15 is 0 Å². The highest BCUT2D eigenvalue weighted by molar-refractivity contribution is 7.89. The molecule has 4 nitrogen and oxygen atoms in total. The van der Waals surface area contributed by atoms with Gasteiger partial charge in [0.1, 0.15) is 11.3 Å². The molecule has 0 unspecified atom stereocenters. The van der Waals surface area contributed by atoms with E-state index < -0.39 is 9.84 Å². The van der Waals surface area contributed by atoms with E-state index in [1.165, 1.54) is 6.26 Å². The fourth-order valence-electron chi connectivity index (χ4n) is 1.73. The summed E-state index contributed by atoms with van der Waals surface area (Å²) in [6, 6.07) is 5.77. The summed E-state index contributed by atoms with van der Waals surface area (Å²) in [5.41, 5.74) is 2.52. The van der Waals surface area contributed by atoms with Crippen LogP contribution in [0, 0.1) is 0 Å². The Morgan fingerprint density at radius 3 is 2.50 bits per heavy atom. The van der Waals surface area contributed by atoms with Gasteiger partial charge in [-0.3, -0.25) is 0 Å². The first-order valence-corrected chi connectivity index (χ1v) is 7.79. The Morgan fingerprint density at radius 2 is 1.94 bits per heavy atom. The molecule has 0 spiro atoms. The highest BCUT2D eigenvalue weighted by Crippen LogP contribution is 2.26. The van der Waals surface area contributed by atoms with E-state index in [-0.39, 0.29) is 17.1 Å². The SMILES string of the molecule is CC(C)(C)c1ccc2oc(CS(C)(=O)=O)nc2c1. The summed E-state index contributed by atoms with van der Waals surface area (Å²) >= 11 is 0. The maximum atomic E-state index is 11.2. The second-order valence-corrected chi connectivity index (χ2v) is 7.75. The van der Waals surface area contributed by atoms with E-state index in [9.17, 15) is 8.42 Å². The van der Waals surface area contributed by atoms with Crippen LogP contribution in [0.1, 0.15) is 32.2 Å². The Hall–Kier alpha value is -1.36. The molecule has 2 aromatic rings. The molecule has 0 saturated heterocycles. The van der Waals surface area contributed by atoms with Crippen molar-refractivity contribution >= 4 is 20.9 Å². The minimum Gasteiger partial charge on any atom is -0.440 e. The van der Waals surface area contributed by atoms with Gasteiger partial charge in [0.15, 0.2) is 15.4 Å². The van der Waals surface area contributed by atoms with Gasteiger partial charge in [0.2, 0.25) is 5.89 Å². The van der Waals surface area contributed by atoms with Crippen LogP contribution < -0.4 is 0 Å². The number of hydrogen-bond acceptors (Lipinski definition) is 4. The van der Waals surface area contributed by atoms with Crippen LogP contribution in [0.4, 0.5) is 0 Å². The van der Waals surface area contributed by atoms with Crippen LogP contribution in [0.15, 0.2) is 22.6 Å². The van der Waals surface area contributed by atoms with Crippen molar-refractivity contribution in [2.45, 2.75) is 31.9 Å². The lowest BCUT2D eigenvalue weighted by Crippen LogP contribution is -2.10. The molecule has 1 aromatic heterocycles. The molecule has 0 atom stereocenters. The van der Waals surface area contributed by atoms with E-state index in [1.807, 2.05) is 18.2 Å². The zero-order valence-corrected chi connectivity index (χ0v) is 11.8. The Morgan fingerprint density at radius 1 is 1.28 bits per heavy atom. The molecule has 0 aliphatic rings. The van der Waals surface area contributed by atoms with Gasteiger partial charge in [0, 0.05) is 6.26 Å². The van der Waals surface area contributed by atoms with Crippen LogP contribution in [-0.2, 0) is 21.0 Å². The van der Waals surface area contributed by atoms with Crippen LogP contribution in [0.25, 0.3) is 11.1 Å². The Kier molecular flexibility index (Phi) is 2.97. The van der Waals surface area contributed by atoms with Gasteiger partial charge in [-0.15, -0.1) is 0 Å². The maximum absolute atomic E-state index is 11.2. The van der Waals surface area contributed by atoms with Crippen LogP contribution in [0.2, 0.25) is 0 Å². The minimum absolute atomic E-state index is 0.0319. The molecule has 0 amide bonds. The third-order valence-electron chi connectivity index (χ3n) is 2.68. The van der Waals surface area contributed by atoms with E-state index in [1.54, 1.807) is 0 Å². The van der Waals surface area contributed by atoms with Crippen molar-refractivity contribution in [3.05, 3.63) is 29.7 Å². The number of oxazole rings is 1. The highest BCUT2D eigenvalue weighted by atomic mass is 32.2. The number of sulfone groups is 1. The van der Waals surface area contributed by atoms with Crippen LogP contribution >= 0.6 is 0 Å². The first kappa shape index (κ1) is 13.1. The Labute approximate surface area is 107 Å². The molecule has 18 heavy (non-hydrogen) atoms. The topological polar surface area (TPSA) is 60.2 Å². The minimum atomic E-state index is -3.12. The van der Waals surface area contributed by atoms with Gasteiger partial charge in [0.25, 0.3) is 0 Å². The Bertz CT molecular complexity index is 678. The molecule has 0 fully saturated rings. The number of nitrogens with zero attached hydrogens (tertiary/aromatic N) is 1. The molecule has 0 aliphatic carbocycles. The zero-order chi connectivity index (χ0) is 13.6. The van der Waals surface area contributed by atoms with Gasteiger partial charge in [-0.1, -0.05) is 26.8 Å². The second-order valence-electron chi connectivity index (χ2n) is 5.61. The number of benzene rings is 1. The average molecular weight is 267 g/mol. The van der Waals surface area contributed by atoms with Gasteiger partial charge in [-0.05, 0) is 23.1 Å². The molecular weight excluding hydrogens is 250 g/mol. The van der Waals surface area contributed by atoms with Crippen LogP contribution in [0.5, 0.6) is 0 Å². The first-order chi connectivity index (χ1) is 8.15. The lowest BCUT2D eigenvalue weighted by molar-refractivity contribution is 0.541. The van der Waals surface area contributed by atoms with E-state index in [2.05, 4.69) is 25.8 Å². The quantitative estimate of drug-likeness (QED) is 0.839. The van der Waals surface area contributed by atoms with Crippen molar-refractivity contribution < 1.29 is 12.8 Å². The molecule has 0 radical (unpaired) electrons. The number of aromatic nitrogens is 1. The van der Waals surface area contributed by atoms with E-state index in [4.69, 9.17) is 4.42 Å². The molecule has 0 N–H and O–H groups in total. The van der Waals surface area contributed by atoms with E-state index in [0.29, 0.717) is 11.1 Å². The molecule has 2 rings (SSSR count). The third-order valence-corrected chi connectivity index (χ3v) is 3.45. The summed E-state index contributed by atoms with van der Waals surface area (Å²) in [4.78, 5) is 4.23. The van der Waals surface area contributed by atoms with Gasteiger partial charge < -0.3 is 4.42 Å². The molecule has 1 aromatic carbocycles. The predicted octanol–water partition coefficient (Wildman–Crippen LogP) is 2.67. The van der Waals surface area contributed by atoms with Gasteiger partial charge in [-0.2, -0.15) is 0 Å². The molecule has 5 heteroatoms. The number of rotatable bonds is 2. The van der Waals surface area contributed by atoms with Crippen LogP contribution in [0.3, 0.4) is 0 Å². The second kappa shape index (κ2) is 4.09. The van der Waals surface area contributed by atoms with Crippen LogP contribution in [-0.4, -0.2) is 19.7 Å². The summed E-state index contributed by atoms with van der Waals surface area (Å²) in [6.45, 7) is 6.35. The Balaban J connectivity index is 2.46. The zero-order valence-electron chi connectivity index (χ0n) is 11.0. The predicted molar refractivity (Wildman–Crippen MR) is 71.3 cm³/mol. The van der Waals surface area contributed by atoms with Gasteiger partial charge in [0.05, 0.1) is 0 Å². The van der Waals surface area contributed by atoms with Crippen molar-refractivity contribution in [2.75, 3.05) is 6.26 Å². The molecule has 98 valence electrons. The number of fused-ring (bicyclic) bond motifs is 1. The van der Waals surface area contributed by atoms with Crippen molar-refractivity contribution in [3.8, 4) is 0 Å².